The van der Waals surface area contributed by atoms with Crippen LogP contribution in [0.2, 0.25) is 0 Å². The number of rotatable bonds is 1. The van der Waals surface area contributed by atoms with Gasteiger partial charge in [-0.2, -0.15) is 0 Å². The Hall–Kier alpha value is -1.91. The van der Waals surface area contributed by atoms with E-state index < -0.39 is 0 Å². The highest BCUT2D eigenvalue weighted by Gasteiger charge is 1.98. The van der Waals surface area contributed by atoms with Crippen molar-refractivity contribution in [2.24, 2.45) is 0 Å². The zero-order chi connectivity index (χ0) is 8.39. The number of nitrogens with zero attached hydrogens (tertiary/aromatic N) is 4. The van der Waals surface area contributed by atoms with Crippen molar-refractivity contribution in [1.29, 1.82) is 0 Å². The molecule has 5 nitrogen and oxygen atoms in total. The molecule has 2 rings (SSSR count). The minimum absolute atomic E-state index is 0.0272. The Morgan fingerprint density at radius 1 is 1.33 bits per heavy atom. The molecule has 1 N–H and O–H groups in total. The lowest BCUT2D eigenvalue weighted by Crippen LogP contribution is -1.97. The van der Waals surface area contributed by atoms with Crippen LogP contribution in [-0.4, -0.2) is 24.9 Å². The van der Waals surface area contributed by atoms with Gasteiger partial charge in [-0.1, -0.05) is 0 Å². The van der Waals surface area contributed by atoms with E-state index in [1.807, 2.05) is 0 Å². The molecule has 0 saturated heterocycles. The van der Waals surface area contributed by atoms with Crippen LogP contribution in [0.3, 0.4) is 0 Å². The molecule has 0 fully saturated rings. The normalized spacial score (nSPS) is 10.0. The predicted octanol–water partition coefficient (Wildman–Crippen LogP) is 0.368. The van der Waals surface area contributed by atoms with Crippen LogP contribution in [-0.2, 0) is 0 Å². The largest absolute Gasteiger partial charge is 0.492 e. The van der Waals surface area contributed by atoms with Gasteiger partial charge in [0.05, 0.1) is 6.20 Å². The summed E-state index contributed by atoms with van der Waals surface area (Å²) in [4.78, 5) is 7.85. The van der Waals surface area contributed by atoms with E-state index >= 15 is 0 Å². The van der Waals surface area contributed by atoms with E-state index in [0.29, 0.717) is 5.82 Å². The van der Waals surface area contributed by atoms with Crippen molar-refractivity contribution in [3.8, 4) is 11.7 Å². The highest BCUT2D eigenvalue weighted by atomic mass is 16.3. The van der Waals surface area contributed by atoms with Gasteiger partial charge in [-0.15, -0.1) is 5.10 Å². The van der Waals surface area contributed by atoms with E-state index in [1.54, 1.807) is 24.8 Å². The topological polar surface area (TPSA) is 63.8 Å². The van der Waals surface area contributed by atoms with Crippen molar-refractivity contribution in [2.75, 3.05) is 0 Å². The molecule has 0 bridgehead atoms. The molecule has 60 valence electrons. The average Bonchev–Trinajstić information content (AvgIpc) is 2.54. The Morgan fingerprint density at radius 2 is 2.25 bits per heavy atom. The van der Waals surface area contributed by atoms with Crippen LogP contribution in [0.15, 0.2) is 30.9 Å². The molecule has 0 spiro atoms. The second-order valence-corrected chi connectivity index (χ2v) is 2.18. The van der Waals surface area contributed by atoms with Gasteiger partial charge in [-0.05, 0) is 0 Å². The third kappa shape index (κ3) is 1.12. The lowest BCUT2D eigenvalue weighted by Gasteiger charge is -1.95. The van der Waals surface area contributed by atoms with Gasteiger partial charge in [0, 0.05) is 24.7 Å². The fourth-order valence-electron chi connectivity index (χ4n) is 0.851. The van der Waals surface area contributed by atoms with Crippen molar-refractivity contribution < 1.29 is 5.11 Å². The summed E-state index contributed by atoms with van der Waals surface area (Å²) < 4.78 is 1.45. The maximum Gasteiger partial charge on any atom is 0.230 e. The first kappa shape index (κ1) is 6.78. The van der Waals surface area contributed by atoms with Gasteiger partial charge in [-0.25, -0.2) is 9.67 Å². The molecule has 0 radical (unpaired) electrons. The summed E-state index contributed by atoms with van der Waals surface area (Å²) in [7, 11) is 0. The smallest absolute Gasteiger partial charge is 0.230 e. The third-order valence-electron chi connectivity index (χ3n) is 1.36. The van der Waals surface area contributed by atoms with Crippen LogP contribution in [0.4, 0.5) is 0 Å². The summed E-state index contributed by atoms with van der Waals surface area (Å²) >= 11 is 0. The van der Waals surface area contributed by atoms with Crippen molar-refractivity contribution in [3.63, 3.8) is 0 Å². The average molecular weight is 162 g/mol. The molecule has 0 atom stereocenters. The Labute approximate surface area is 68.3 Å². The van der Waals surface area contributed by atoms with Crippen molar-refractivity contribution in [3.05, 3.63) is 30.9 Å². The van der Waals surface area contributed by atoms with Gasteiger partial charge < -0.3 is 5.11 Å². The minimum atomic E-state index is -0.0272. The van der Waals surface area contributed by atoms with E-state index in [-0.39, 0.29) is 5.88 Å². The Balaban J connectivity index is 2.45. The van der Waals surface area contributed by atoms with Gasteiger partial charge in [0.2, 0.25) is 5.88 Å². The molecule has 2 aromatic rings. The predicted molar refractivity (Wildman–Crippen MR) is 40.8 cm³/mol. The van der Waals surface area contributed by atoms with Crippen molar-refractivity contribution in [2.45, 2.75) is 0 Å². The van der Waals surface area contributed by atoms with Crippen LogP contribution >= 0.6 is 0 Å². The first-order valence-corrected chi connectivity index (χ1v) is 3.37. The fraction of sp³-hybridized carbons (Fsp3) is 0. The van der Waals surface area contributed by atoms with E-state index in [2.05, 4.69) is 15.1 Å². The third-order valence-corrected chi connectivity index (χ3v) is 1.36. The Morgan fingerprint density at radius 3 is 2.83 bits per heavy atom. The monoisotopic (exact) mass is 162 g/mol. The molecule has 2 heterocycles. The van der Waals surface area contributed by atoms with Gasteiger partial charge in [0.1, 0.15) is 0 Å². The quantitative estimate of drug-likeness (QED) is 0.657. The highest BCUT2D eigenvalue weighted by Crippen LogP contribution is 2.05. The first-order valence-electron chi connectivity index (χ1n) is 3.37. The Kier molecular flexibility index (Phi) is 1.48. The minimum Gasteiger partial charge on any atom is -0.492 e. The lowest BCUT2D eigenvalue weighted by atomic mass is 10.6. The standard InChI is InChI=1S/C7H6N4O/c12-7-1-4-11(10-7)6-5-8-2-3-9-6/h1-5H,(H,10,12). The van der Waals surface area contributed by atoms with Crippen molar-refractivity contribution >= 4 is 0 Å². The van der Waals surface area contributed by atoms with Gasteiger partial charge in [-0.3, -0.25) is 4.98 Å². The van der Waals surface area contributed by atoms with Crippen LogP contribution in [0, 0.1) is 0 Å². The molecular formula is C7H6N4O. The molecule has 0 aromatic carbocycles. The maximum atomic E-state index is 8.93. The summed E-state index contributed by atoms with van der Waals surface area (Å²) in [5.74, 6) is 0.554. The van der Waals surface area contributed by atoms with E-state index in [4.69, 9.17) is 5.11 Å². The SMILES string of the molecule is Oc1ccn(-c2cnccn2)n1. The van der Waals surface area contributed by atoms with Crippen LogP contribution < -0.4 is 0 Å². The second kappa shape index (κ2) is 2.61. The number of hydrogen-bond acceptors (Lipinski definition) is 4. The maximum absolute atomic E-state index is 8.93. The number of hydrogen-bond donors (Lipinski definition) is 1. The molecule has 0 unspecified atom stereocenters. The molecule has 0 saturated carbocycles. The zero-order valence-electron chi connectivity index (χ0n) is 6.12. The van der Waals surface area contributed by atoms with E-state index in [0.717, 1.165) is 0 Å². The van der Waals surface area contributed by atoms with Gasteiger partial charge in [0.15, 0.2) is 5.82 Å². The lowest BCUT2D eigenvalue weighted by molar-refractivity contribution is 0.447. The Bertz CT molecular complexity index is 370. The first-order chi connectivity index (χ1) is 5.86. The van der Waals surface area contributed by atoms with Gasteiger partial charge in [0.25, 0.3) is 0 Å². The number of aromatic hydroxyl groups is 1. The van der Waals surface area contributed by atoms with E-state index in [1.165, 1.54) is 10.7 Å². The summed E-state index contributed by atoms with van der Waals surface area (Å²) in [6.45, 7) is 0. The molecule has 2 aromatic heterocycles. The van der Waals surface area contributed by atoms with Crippen LogP contribution in [0.1, 0.15) is 0 Å². The summed E-state index contributed by atoms with van der Waals surface area (Å²) in [6.07, 6.45) is 6.31. The molecule has 0 amide bonds. The van der Waals surface area contributed by atoms with Crippen molar-refractivity contribution in [1.82, 2.24) is 19.7 Å². The van der Waals surface area contributed by atoms with Crippen LogP contribution in [0.25, 0.3) is 5.82 Å². The molecule has 12 heavy (non-hydrogen) atoms. The van der Waals surface area contributed by atoms with Crippen LogP contribution in [0.5, 0.6) is 5.88 Å². The summed E-state index contributed by atoms with van der Waals surface area (Å²) in [6, 6.07) is 1.48. The molecule has 5 heteroatoms. The highest BCUT2D eigenvalue weighted by molar-refractivity contribution is 5.18. The summed E-state index contributed by atoms with van der Waals surface area (Å²) in [5, 5.41) is 12.7. The van der Waals surface area contributed by atoms with Gasteiger partial charge >= 0.3 is 0 Å². The molecule has 0 aliphatic rings. The molecular weight excluding hydrogens is 156 g/mol. The van der Waals surface area contributed by atoms with E-state index in [9.17, 15) is 0 Å². The summed E-state index contributed by atoms with van der Waals surface area (Å²) in [5.41, 5.74) is 0. The molecule has 0 aliphatic heterocycles. The number of aromatic nitrogens is 4. The zero-order valence-corrected chi connectivity index (χ0v) is 6.12. The second-order valence-electron chi connectivity index (χ2n) is 2.18. The fourth-order valence-corrected chi connectivity index (χ4v) is 0.851. The molecule has 0 aliphatic carbocycles.